The van der Waals surface area contributed by atoms with Gasteiger partial charge in [-0.25, -0.2) is 4.68 Å². The second-order valence-corrected chi connectivity index (χ2v) is 5.20. The summed E-state index contributed by atoms with van der Waals surface area (Å²) in [6.07, 6.45) is 3.49. The molecular weight excluding hydrogens is 250 g/mol. The van der Waals surface area contributed by atoms with Crippen LogP contribution in [0.5, 0.6) is 0 Å². The minimum Gasteiger partial charge on any atom is -0.345 e. The highest BCUT2D eigenvalue weighted by atomic mass is 16.2. The summed E-state index contributed by atoms with van der Waals surface area (Å²) in [6.45, 7) is 4.16. The van der Waals surface area contributed by atoms with Gasteiger partial charge in [-0.05, 0) is 25.5 Å². The Balaban J connectivity index is 2.48. The van der Waals surface area contributed by atoms with Crippen LogP contribution in [0.25, 0.3) is 5.69 Å². The fourth-order valence-electron chi connectivity index (χ4n) is 2.18. The number of benzene rings is 1. The van der Waals surface area contributed by atoms with Crippen LogP contribution >= 0.6 is 0 Å². The average molecular weight is 271 g/mol. The first-order valence-electron chi connectivity index (χ1n) is 6.90. The highest BCUT2D eigenvalue weighted by Gasteiger charge is 2.18. The molecule has 1 aromatic heterocycles. The number of hydrogen-bond donors (Lipinski definition) is 0. The average Bonchev–Trinajstić information content (AvgIpc) is 2.83. The molecule has 106 valence electrons. The van der Waals surface area contributed by atoms with E-state index >= 15 is 0 Å². The van der Waals surface area contributed by atoms with Crippen molar-refractivity contribution in [3.63, 3.8) is 0 Å². The smallest absolute Gasteiger partial charge is 0.256 e. The molecule has 4 nitrogen and oxygen atoms in total. The summed E-state index contributed by atoms with van der Waals surface area (Å²) < 4.78 is 1.87. The zero-order valence-corrected chi connectivity index (χ0v) is 12.6. The van der Waals surface area contributed by atoms with E-state index in [1.807, 2.05) is 16.8 Å². The molecule has 1 heterocycles. The molecule has 0 bridgehead atoms. The minimum absolute atomic E-state index is 0.00631. The molecule has 0 N–H and O–H groups in total. The van der Waals surface area contributed by atoms with Gasteiger partial charge in [0.1, 0.15) is 0 Å². The molecular formula is C16H21N3O. The van der Waals surface area contributed by atoms with Gasteiger partial charge in [0.25, 0.3) is 5.91 Å². The SMILES string of the molecule is CCCc1c(C(=O)N(C)C)cnn1-c1ccc(C)cc1. The summed E-state index contributed by atoms with van der Waals surface area (Å²) in [5.41, 5.74) is 3.88. The van der Waals surface area contributed by atoms with Gasteiger partial charge in [-0.3, -0.25) is 4.79 Å². The summed E-state index contributed by atoms with van der Waals surface area (Å²) in [5, 5.41) is 4.41. The van der Waals surface area contributed by atoms with Crippen molar-refractivity contribution in [2.24, 2.45) is 0 Å². The van der Waals surface area contributed by atoms with Crippen LogP contribution in [-0.4, -0.2) is 34.7 Å². The molecule has 1 aromatic carbocycles. The summed E-state index contributed by atoms with van der Waals surface area (Å²) in [4.78, 5) is 13.8. The van der Waals surface area contributed by atoms with Gasteiger partial charge >= 0.3 is 0 Å². The molecule has 2 rings (SSSR count). The Kier molecular flexibility index (Phi) is 4.23. The van der Waals surface area contributed by atoms with E-state index < -0.39 is 0 Å². The zero-order valence-electron chi connectivity index (χ0n) is 12.6. The second-order valence-electron chi connectivity index (χ2n) is 5.20. The van der Waals surface area contributed by atoms with Crippen LogP contribution in [0.2, 0.25) is 0 Å². The van der Waals surface area contributed by atoms with Crippen LogP contribution in [0.1, 0.15) is 35.0 Å². The van der Waals surface area contributed by atoms with Gasteiger partial charge in [0.2, 0.25) is 0 Å². The first kappa shape index (κ1) is 14.3. The van der Waals surface area contributed by atoms with E-state index in [2.05, 4.69) is 31.1 Å². The molecule has 0 radical (unpaired) electrons. The molecule has 4 heteroatoms. The van der Waals surface area contributed by atoms with Crippen molar-refractivity contribution in [2.45, 2.75) is 26.7 Å². The van der Waals surface area contributed by atoms with Crippen LogP contribution < -0.4 is 0 Å². The maximum atomic E-state index is 12.2. The Labute approximate surface area is 120 Å². The first-order chi connectivity index (χ1) is 9.54. The maximum Gasteiger partial charge on any atom is 0.256 e. The predicted octanol–water partition coefficient (Wildman–Crippen LogP) is 2.84. The Morgan fingerprint density at radius 1 is 1.25 bits per heavy atom. The maximum absolute atomic E-state index is 12.2. The lowest BCUT2D eigenvalue weighted by atomic mass is 10.1. The van der Waals surface area contributed by atoms with Crippen LogP contribution in [0, 0.1) is 6.92 Å². The molecule has 0 aliphatic rings. The number of amides is 1. The number of aromatic nitrogens is 2. The Bertz CT molecular complexity index is 597. The topological polar surface area (TPSA) is 38.1 Å². The number of rotatable bonds is 4. The largest absolute Gasteiger partial charge is 0.345 e. The Hall–Kier alpha value is -2.10. The van der Waals surface area contributed by atoms with Crippen molar-refractivity contribution in [1.29, 1.82) is 0 Å². The summed E-state index contributed by atoms with van der Waals surface area (Å²) in [6, 6.07) is 8.18. The normalized spacial score (nSPS) is 10.6. The van der Waals surface area contributed by atoms with Crippen LogP contribution in [0.4, 0.5) is 0 Å². The van der Waals surface area contributed by atoms with E-state index in [1.54, 1.807) is 25.2 Å². The molecule has 2 aromatic rings. The molecule has 0 spiro atoms. The van der Waals surface area contributed by atoms with Crippen molar-refractivity contribution in [3.8, 4) is 5.69 Å². The molecule has 0 unspecified atom stereocenters. The second kappa shape index (κ2) is 5.90. The fraction of sp³-hybridized carbons (Fsp3) is 0.375. The third kappa shape index (κ3) is 2.74. The lowest BCUT2D eigenvalue weighted by Gasteiger charge is -2.12. The van der Waals surface area contributed by atoms with E-state index in [-0.39, 0.29) is 5.91 Å². The predicted molar refractivity (Wildman–Crippen MR) is 80.3 cm³/mol. The first-order valence-corrected chi connectivity index (χ1v) is 6.90. The monoisotopic (exact) mass is 271 g/mol. The minimum atomic E-state index is 0.00631. The van der Waals surface area contributed by atoms with Crippen LogP contribution in [0.3, 0.4) is 0 Å². The number of carbonyl (C=O) groups is 1. The molecule has 20 heavy (non-hydrogen) atoms. The van der Waals surface area contributed by atoms with Gasteiger partial charge in [-0.1, -0.05) is 31.0 Å². The van der Waals surface area contributed by atoms with E-state index in [0.29, 0.717) is 5.56 Å². The van der Waals surface area contributed by atoms with Crippen LogP contribution in [-0.2, 0) is 6.42 Å². The third-order valence-electron chi connectivity index (χ3n) is 3.27. The van der Waals surface area contributed by atoms with Crippen molar-refractivity contribution in [1.82, 2.24) is 14.7 Å². The van der Waals surface area contributed by atoms with Gasteiger partial charge < -0.3 is 4.90 Å². The fourth-order valence-corrected chi connectivity index (χ4v) is 2.18. The summed E-state index contributed by atoms with van der Waals surface area (Å²) in [5.74, 6) is 0.00631. The standard InChI is InChI=1S/C16H21N3O/c1-5-6-15-14(16(20)18(3)4)11-17-19(15)13-9-7-12(2)8-10-13/h7-11H,5-6H2,1-4H3. The quantitative estimate of drug-likeness (QED) is 0.857. The molecule has 0 aliphatic heterocycles. The molecule has 0 fully saturated rings. The summed E-state index contributed by atoms with van der Waals surface area (Å²) in [7, 11) is 3.53. The third-order valence-corrected chi connectivity index (χ3v) is 3.27. The molecule has 0 atom stereocenters. The number of carbonyl (C=O) groups excluding carboxylic acids is 1. The van der Waals surface area contributed by atoms with Gasteiger partial charge in [0.05, 0.1) is 23.1 Å². The van der Waals surface area contributed by atoms with E-state index in [9.17, 15) is 4.79 Å². The van der Waals surface area contributed by atoms with E-state index in [1.165, 1.54) is 5.56 Å². The van der Waals surface area contributed by atoms with Crippen LogP contribution in [0.15, 0.2) is 30.5 Å². The van der Waals surface area contributed by atoms with Gasteiger partial charge in [-0.15, -0.1) is 0 Å². The van der Waals surface area contributed by atoms with E-state index in [0.717, 1.165) is 24.2 Å². The molecule has 0 saturated heterocycles. The number of hydrogen-bond acceptors (Lipinski definition) is 2. The Morgan fingerprint density at radius 2 is 1.90 bits per heavy atom. The summed E-state index contributed by atoms with van der Waals surface area (Å²) >= 11 is 0. The lowest BCUT2D eigenvalue weighted by molar-refractivity contribution is 0.0826. The highest BCUT2D eigenvalue weighted by Crippen LogP contribution is 2.18. The lowest BCUT2D eigenvalue weighted by Crippen LogP contribution is -2.22. The van der Waals surface area contributed by atoms with Gasteiger partial charge in [0.15, 0.2) is 0 Å². The molecule has 1 amide bonds. The van der Waals surface area contributed by atoms with Crippen molar-refractivity contribution < 1.29 is 4.79 Å². The Morgan fingerprint density at radius 3 is 2.45 bits per heavy atom. The van der Waals surface area contributed by atoms with Gasteiger partial charge in [-0.2, -0.15) is 5.10 Å². The van der Waals surface area contributed by atoms with Gasteiger partial charge in [0, 0.05) is 14.1 Å². The van der Waals surface area contributed by atoms with Crippen molar-refractivity contribution >= 4 is 5.91 Å². The van der Waals surface area contributed by atoms with Crippen molar-refractivity contribution in [2.75, 3.05) is 14.1 Å². The molecule has 0 saturated carbocycles. The number of nitrogens with zero attached hydrogens (tertiary/aromatic N) is 3. The molecule has 0 aliphatic carbocycles. The number of aryl methyl sites for hydroxylation is 1. The highest BCUT2D eigenvalue weighted by molar-refractivity contribution is 5.95. The van der Waals surface area contributed by atoms with Crippen molar-refractivity contribution in [3.05, 3.63) is 47.3 Å². The zero-order chi connectivity index (χ0) is 14.7. The van der Waals surface area contributed by atoms with E-state index in [4.69, 9.17) is 0 Å².